The van der Waals surface area contributed by atoms with Gasteiger partial charge in [-0.1, -0.05) is 17.7 Å². The summed E-state index contributed by atoms with van der Waals surface area (Å²) < 4.78 is 11.7. The molecule has 3 atom stereocenters. The molecule has 2 aromatic rings. The van der Waals surface area contributed by atoms with E-state index in [-0.39, 0.29) is 5.91 Å². The van der Waals surface area contributed by atoms with Crippen molar-refractivity contribution in [3.63, 3.8) is 0 Å². The molecule has 4 nitrogen and oxygen atoms in total. The van der Waals surface area contributed by atoms with E-state index in [2.05, 4.69) is 5.32 Å². The van der Waals surface area contributed by atoms with Crippen LogP contribution in [-0.4, -0.2) is 24.7 Å². The van der Waals surface area contributed by atoms with E-state index in [0.29, 0.717) is 46.8 Å². The summed E-state index contributed by atoms with van der Waals surface area (Å²) in [6.45, 7) is 0.679. The summed E-state index contributed by atoms with van der Waals surface area (Å²) in [5.41, 5.74) is 0.598. The monoisotopic (exact) mass is 371 g/mol. The van der Waals surface area contributed by atoms with Gasteiger partial charge >= 0.3 is 0 Å². The largest absolute Gasteiger partial charge is 0.457 e. The lowest BCUT2D eigenvalue weighted by atomic mass is 9.87. The third-order valence-electron chi connectivity index (χ3n) is 5.18. The molecule has 2 saturated heterocycles. The summed E-state index contributed by atoms with van der Waals surface area (Å²) in [5, 5.41) is 3.68. The first-order valence-corrected chi connectivity index (χ1v) is 9.52. The Morgan fingerprint density at radius 1 is 1.15 bits per heavy atom. The first kappa shape index (κ1) is 17.4. The number of halogens is 1. The third kappa shape index (κ3) is 4.02. The van der Waals surface area contributed by atoms with Gasteiger partial charge in [0.25, 0.3) is 5.91 Å². The summed E-state index contributed by atoms with van der Waals surface area (Å²) >= 11 is 5.88. The number of nitrogens with one attached hydrogen (secondary N) is 1. The van der Waals surface area contributed by atoms with Crippen molar-refractivity contribution in [1.82, 2.24) is 5.32 Å². The van der Waals surface area contributed by atoms with Gasteiger partial charge in [0.15, 0.2) is 0 Å². The topological polar surface area (TPSA) is 47.6 Å². The first-order valence-electron chi connectivity index (χ1n) is 9.14. The number of amides is 1. The van der Waals surface area contributed by atoms with Gasteiger partial charge in [-0.3, -0.25) is 4.79 Å². The van der Waals surface area contributed by atoms with Gasteiger partial charge in [0.2, 0.25) is 0 Å². The highest BCUT2D eigenvalue weighted by atomic mass is 35.5. The maximum absolute atomic E-state index is 12.4. The summed E-state index contributed by atoms with van der Waals surface area (Å²) in [6, 6.07) is 14.3. The zero-order valence-electron chi connectivity index (χ0n) is 14.5. The number of hydrogen-bond acceptors (Lipinski definition) is 3. The predicted molar refractivity (Wildman–Crippen MR) is 101 cm³/mol. The van der Waals surface area contributed by atoms with Crippen LogP contribution < -0.4 is 10.1 Å². The van der Waals surface area contributed by atoms with Crippen molar-refractivity contribution < 1.29 is 14.3 Å². The van der Waals surface area contributed by atoms with Crippen LogP contribution in [0.2, 0.25) is 5.02 Å². The van der Waals surface area contributed by atoms with Crippen LogP contribution in [0.1, 0.15) is 36.0 Å². The average Bonchev–Trinajstić information content (AvgIpc) is 3.27. The van der Waals surface area contributed by atoms with E-state index in [1.165, 1.54) is 12.8 Å². The van der Waals surface area contributed by atoms with Gasteiger partial charge in [0, 0.05) is 17.1 Å². The molecule has 2 heterocycles. The summed E-state index contributed by atoms with van der Waals surface area (Å²) in [5.74, 6) is 1.83. The first-order chi connectivity index (χ1) is 12.7. The van der Waals surface area contributed by atoms with Crippen molar-refractivity contribution >= 4 is 17.5 Å². The second-order valence-corrected chi connectivity index (χ2v) is 7.43. The number of carbonyl (C=O) groups is 1. The normalized spacial score (nSPS) is 23.8. The van der Waals surface area contributed by atoms with Crippen LogP contribution in [0.4, 0.5) is 0 Å². The number of carbonyl (C=O) groups excluding carboxylic acids is 1. The SMILES string of the molecule is O=C(NCCC1CC2CCC1O2)c1cccc(Oc2ccc(Cl)cc2)c1. The molecule has 4 rings (SSSR count). The molecule has 136 valence electrons. The number of fused-ring (bicyclic) bond motifs is 2. The fourth-order valence-corrected chi connectivity index (χ4v) is 3.99. The highest BCUT2D eigenvalue weighted by molar-refractivity contribution is 6.30. The quantitative estimate of drug-likeness (QED) is 0.791. The van der Waals surface area contributed by atoms with Crippen LogP contribution in [0.15, 0.2) is 48.5 Å². The summed E-state index contributed by atoms with van der Waals surface area (Å²) in [7, 11) is 0. The van der Waals surface area contributed by atoms with E-state index in [0.717, 1.165) is 12.8 Å². The lowest BCUT2D eigenvalue weighted by molar-refractivity contribution is 0.0888. The molecule has 1 amide bonds. The van der Waals surface area contributed by atoms with Gasteiger partial charge in [0.05, 0.1) is 12.2 Å². The number of benzene rings is 2. The molecule has 0 spiro atoms. The summed E-state index contributed by atoms with van der Waals surface area (Å²) in [6.07, 6.45) is 5.37. The minimum atomic E-state index is -0.0735. The molecule has 1 N–H and O–H groups in total. The Bertz CT molecular complexity index is 777. The van der Waals surface area contributed by atoms with Crippen molar-refractivity contribution in [2.24, 2.45) is 5.92 Å². The Labute approximate surface area is 158 Å². The van der Waals surface area contributed by atoms with Crippen molar-refractivity contribution in [2.75, 3.05) is 6.54 Å². The van der Waals surface area contributed by atoms with Crippen LogP contribution in [0.3, 0.4) is 0 Å². The molecule has 26 heavy (non-hydrogen) atoms. The Morgan fingerprint density at radius 3 is 2.73 bits per heavy atom. The molecule has 2 bridgehead atoms. The molecule has 0 saturated carbocycles. The molecule has 3 unspecified atom stereocenters. The molecule has 0 aliphatic carbocycles. The van der Waals surface area contributed by atoms with E-state index in [9.17, 15) is 4.79 Å². The highest BCUT2D eigenvalue weighted by Gasteiger charge is 2.40. The molecule has 0 radical (unpaired) electrons. The van der Waals surface area contributed by atoms with Gasteiger partial charge in [-0.25, -0.2) is 0 Å². The van der Waals surface area contributed by atoms with E-state index in [1.54, 1.807) is 36.4 Å². The van der Waals surface area contributed by atoms with Crippen LogP contribution >= 0.6 is 11.6 Å². The molecule has 2 aliphatic rings. The smallest absolute Gasteiger partial charge is 0.251 e. The molecule has 5 heteroatoms. The molecule has 0 aromatic heterocycles. The van der Waals surface area contributed by atoms with Crippen LogP contribution in [0, 0.1) is 5.92 Å². The second-order valence-electron chi connectivity index (χ2n) is 7.00. The van der Waals surface area contributed by atoms with Crippen LogP contribution in [0.25, 0.3) is 0 Å². The van der Waals surface area contributed by atoms with Crippen molar-refractivity contribution in [3.8, 4) is 11.5 Å². The second kappa shape index (κ2) is 7.68. The Morgan fingerprint density at radius 2 is 2.00 bits per heavy atom. The van der Waals surface area contributed by atoms with Crippen molar-refractivity contribution in [3.05, 3.63) is 59.1 Å². The molecular weight excluding hydrogens is 350 g/mol. The van der Waals surface area contributed by atoms with E-state index in [1.807, 2.05) is 12.1 Å². The fraction of sp³-hybridized carbons (Fsp3) is 0.381. The molecule has 2 fully saturated rings. The molecule has 2 aliphatic heterocycles. The van der Waals surface area contributed by atoms with Gasteiger partial charge in [-0.15, -0.1) is 0 Å². The zero-order chi connectivity index (χ0) is 17.9. The van der Waals surface area contributed by atoms with Crippen LogP contribution in [0.5, 0.6) is 11.5 Å². The van der Waals surface area contributed by atoms with Crippen molar-refractivity contribution in [1.29, 1.82) is 0 Å². The van der Waals surface area contributed by atoms with Gasteiger partial charge in [-0.2, -0.15) is 0 Å². The van der Waals surface area contributed by atoms with Gasteiger partial charge < -0.3 is 14.8 Å². The predicted octanol–water partition coefficient (Wildman–Crippen LogP) is 4.82. The van der Waals surface area contributed by atoms with E-state index < -0.39 is 0 Å². The number of hydrogen-bond donors (Lipinski definition) is 1. The minimum Gasteiger partial charge on any atom is -0.457 e. The third-order valence-corrected chi connectivity index (χ3v) is 5.43. The Kier molecular flexibility index (Phi) is 5.14. The highest BCUT2D eigenvalue weighted by Crippen LogP contribution is 2.40. The Hall–Kier alpha value is -2.04. The standard InChI is InChI=1S/C21H22ClNO3/c22-16-4-6-17(7-5-16)25-18-3-1-2-15(13-18)21(24)23-11-10-14-12-19-8-9-20(14)26-19/h1-7,13-14,19-20H,8-12H2,(H,23,24). The Balaban J connectivity index is 1.30. The zero-order valence-corrected chi connectivity index (χ0v) is 15.2. The van der Waals surface area contributed by atoms with Gasteiger partial charge in [0.1, 0.15) is 11.5 Å². The van der Waals surface area contributed by atoms with Crippen molar-refractivity contribution in [2.45, 2.75) is 37.9 Å². The number of ether oxygens (including phenoxy) is 2. The summed E-state index contributed by atoms with van der Waals surface area (Å²) in [4.78, 5) is 12.4. The van der Waals surface area contributed by atoms with E-state index in [4.69, 9.17) is 21.1 Å². The fourth-order valence-electron chi connectivity index (χ4n) is 3.86. The maximum atomic E-state index is 12.4. The average molecular weight is 372 g/mol. The maximum Gasteiger partial charge on any atom is 0.251 e. The van der Waals surface area contributed by atoms with Gasteiger partial charge in [-0.05, 0) is 74.1 Å². The van der Waals surface area contributed by atoms with Crippen LogP contribution in [-0.2, 0) is 4.74 Å². The number of rotatable bonds is 6. The molecular formula is C21H22ClNO3. The minimum absolute atomic E-state index is 0.0735. The lowest BCUT2D eigenvalue weighted by Crippen LogP contribution is -2.28. The molecule has 2 aromatic carbocycles. The van der Waals surface area contributed by atoms with E-state index >= 15 is 0 Å². The lowest BCUT2D eigenvalue weighted by Gasteiger charge is -2.18.